The minimum absolute atomic E-state index is 0.0782. The number of anilines is 1. The van der Waals surface area contributed by atoms with E-state index in [1.807, 2.05) is 32.9 Å². The van der Waals surface area contributed by atoms with E-state index in [-0.39, 0.29) is 24.1 Å². The van der Waals surface area contributed by atoms with Gasteiger partial charge in [0.05, 0.1) is 11.8 Å². The summed E-state index contributed by atoms with van der Waals surface area (Å²) < 4.78 is 0. The van der Waals surface area contributed by atoms with Crippen molar-refractivity contribution in [2.45, 2.75) is 58.0 Å². The third-order valence-corrected chi connectivity index (χ3v) is 6.95. The lowest BCUT2D eigenvalue weighted by Crippen LogP contribution is -2.53. The van der Waals surface area contributed by atoms with Crippen LogP contribution in [0.2, 0.25) is 0 Å². The average Bonchev–Trinajstić information content (AvgIpc) is 3.27. The van der Waals surface area contributed by atoms with E-state index in [0.717, 1.165) is 17.5 Å². The van der Waals surface area contributed by atoms with Crippen molar-refractivity contribution in [1.82, 2.24) is 10.2 Å². The van der Waals surface area contributed by atoms with E-state index in [1.54, 1.807) is 0 Å². The molecule has 3 heterocycles. The van der Waals surface area contributed by atoms with Gasteiger partial charge in [-0.05, 0) is 37.8 Å². The highest BCUT2D eigenvalue weighted by molar-refractivity contribution is 6.15. The van der Waals surface area contributed by atoms with E-state index in [1.165, 1.54) is 4.90 Å². The standard InChI is InChI=1S/C22H28N4O4/c1-4-5-10-26-19(28)16-14(8-9-15(23)27)25-22(17(16)20(26)29)13-7-6-11(2)12(3)18(13)24-21(22)30/h6-7,14,16-17,25H,4-5,8-10H2,1-3H3,(H2,23,27)(H,24,30)/t14?,16-,17+,22?/m1/s1. The summed E-state index contributed by atoms with van der Waals surface area (Å²) in [4.78, 5) is 52.8. The summed E-state index contributed by atoms with van der Waals surface area (Å²) in [6.45, 7) is 6.24. The zero-order valence-corrected chi connectivity index (χ0v) is 17.6. The average molecular weight is 412 g/mol. The van der Waals surface area contributed by atoms with Gasteiger partial charge >= 0.3 is 0 Å². The van der Waals surface area contributed by atoms with Crippen LogP contribution in [0.1, 0.15) is 49.3 Å². The molecule has 8 nitrogen and oxygen atoms in total. The second-order valence-corrected chi connectivity index (χ2v) is 8.63. The van der Waals surface area contributed by atoms with Crippen molar-refractivity contribution in [2.24, 2.45) is 17.6 Å². The predicted molar refractivity (Wildman–Crippen MR) is 110 cm³/mol. The summed E-state index contributed by atoms with van der Waals surface area (Å²) in [5, 5.41) is 6.28. The molecule has 0 aromatic heterocycles. The Bertz CT molecular complexity index is 959. The number of carbonyl (C=O) groups excluding carboxylic acids is 4. The topological polar surface area (TPSA) is 122 Å². The van der Waals surface area contributed by atoms with Gasteiger partial charge < -0.3 is 11.1 Å². The van der Waals surface area contributed by atoms with Crippen LogP contribution < -0.4 is 16.4 Å². The zero-order chi connectivity index (χ0) is 21.8. The number of hydrogen-bond acceptors (Lipinski definition) is 5. The first-order valence-electron chi connectivity index (χ1n) is 10.6. The summed E-state index contributed by atoms with van der Waals surface area (Å²) in [6, 6.07) is 3.31. The quantitative estimate of drug-likeness (QED) is 0.604. The lowest BCUT2D eigenvalue weighted by molar-refractivity contribution is -0.143. The first kappa shape index (κ1) is 20.5. The lowest BCUT2D eigenvalue weighted by atomic mass is 9.76. The monoisotopic (exact) mass is 412 g/mol. The molecule has 2 unspecified atom stereocenters. The Morgan fingerprint density at radius 3 is 2.60 bits per heavy atom. The van der Waals surface area contributed by atoms with Crippen LogP contribution in [0.5, 0.6) is 0 Å². The van der Waals surface area contributed by atoms with Crippen LogP contribution >= 0.6 is 0 Å². The van der Waals surface area contributed by atoms with Crippen LogP contribution in [0.25, 0.3) is 0 Å². The van der Waals surface area contributed by atoms with Crippen molar-refractivity contribution in [1.29, 1.82) is 0 Å². The van der Waals surface area contributed by atoms with Gasteiger partial charge in [0.1, 0.15) is 5.54 Å². The second-order valence-electron chi connectivity index (χ2n) is 8.63. The molecule has 1 spiro atoms. The highest BCUT2D eigenvalue weighted by atomic mass is 16.2. The van der Waals surface area contributed by atoms with Gasteiger partial charge in [-0.25, -0.2) is 0 Å². The summed E-state index contributed by atoms with van der Waals surface area (Å²) >= 11 is 0. The molecule has 1 aromatic rings. The van der Waals surface area contributed by atoms with Gasteiger partial charge in [-0.3, -0.25) is 29.4 Å². The molecule has 2 saturated heterocycles. The molecule has 0 saturated carbocycles. The van der Waals surface area contributed by atoms with E-state index >= 15 is 0 Å². The molecule has 4 atom stereocenters. The van der Waals surface area contributed by atoms with Gasteiger partial charge in [0.15, 0.2) is 0 Å². The number of imide groups is 1. The van der Waals surface area contributed by atoms with E-state index in [4.69, 9.17) is 5.73 Å². The largest absolute Gasteiger partial charge is 0.370 e. The lowest BCUT2D eigenvalue weighted by Gasteiger charge is -2.29. The zero-order valence-electron chi connectivity index (χ0n) is 17.6. The maximum absolute atomic E-state index is 13.4. The maximum atomic E-state index is 13.4. The van der Waals surface area contributed by atoms with Crippen molar-refractivity contribution in [3.8, 4) is 0 Å². The van der Waals surface area contributed by atoms with Gasteiger partial charge in [0, 0.05) is 30.3 Å². The first-order chi connectivity index (χ1) is 14.2. The molecular formula is C22H28N4O4. The Labute approximate surface area is 175 Å². The molecule has 160 valence electrons. The van der Waals surface area contributed by atoms with Crippen molar-refractivity contribution >= 4 is 29.3 Å². The molecule has 1 aromatic carbocycles. The molecule has 8 heteroatoms. The highest BCUT2D eigenvalue weighted by Gasteiger charge is 2.70. The number of unbranched alkanes of at least 4 members (excludes halogenated alkanes) is 1. The summed E-state index contributed by atoms with van der Waals surface area (Å²) in [7, 11) is 0. The molecule has 4 amide bonds. The predicted octanol–water partition coefficient (Wildman–Crippen LogP) is 1.09. The number of amides is 4. The van der Waals surface area contributed by atoms with Crippen molar-refractivity contribution in [3.63, 3.8) is 0 Å². The van der Waals surface area contributed by atoms with Crippen LogP contribution in [0.4, 0.5) is 5.69 Å². The number of benzene rings is 1. The van der Waals surface area contributed by atoms with Crippen molar-refractivity contribution in [3.05, 3.63) is 28.8 Å². The number of hydrogen-bond donors (Lipinski definition) is 3. The first-order valence-corrected chi connectivity index (χ1v) is 10.6. The van der Waals surface area contributed by atoms with Crippen LogP contribution in [0.3, 0.4) is 0 Å². The molecule has 3 aliphatic rings. The number of nitrogens with one attached hydrogen (secondary N) is 2. The van der Waals surface area contributed by atoms with Gasteiger partial charge in [-0.1, -0.05) is 25.5 Å². The normalized spacial score (nSPS) is 29.5. The van der Waals surface area contributed by atoms with Gasteiger partial charge in [0.25, 0.3) is 0 Å². The fourth-order valence-corrected chi connectivity index (χ4v) is 5.26. The number of likely N-dealkylation sites (tertiary alicyclic amines) is 1. The van der Waals surface area contributed by atoms with Crippen molar-refractivity contribution < 1.29 is 19.2 Å². The second kappa shape index (κ2) is 7.19. The van der Waals surface area contributed by atoms with E-state index < -0.39 is 29.3 Å². The Morgan fingerprint density at radius 2 is 1.93 bits per heavy atom. The number of fused-ring (bicyclic) bond motifs is 4. The molecule has 0 radical (unpaired) electrons. The molecule has 2 fully saturated rings. The smallest absolute Gasteiger partial charge is 0.250 e. The van der Waals surface area contributed by atoms with Gasteiger partial charge in [-0.2, -0.15) is 0 Å². The number of nitrogens with zero attached hydrogens (tertiary/aromatic N) is 1. The molecule has 0 aliphatic carbocycles. The molecular weight excluding hydrogens is 384 g/mol. The molecule has 0 bridgehead atoms. The van der Waals surface area contributed by atoms with Crippen LogP contribution in [-0.2, 0) is 24.7 Å². The number of nitrogens with two attached hydrogens (primary N) is 1. The van der Waals surface area contributed by atoms with E-state index in [2.05, 4.69) is 10.6 Å². The maximum Gasteiger partial charge on any atom is 0.250 e. The molecule has 30 heavy (non-hydrogen) atoms. The van der Waals surface area contributed by atoms with Gasteiger partial charge in [0.2, 0.25) is 23.6 Å². The minimum atomic E-state index is -1.31. The summed E-state index contributed by atoms with van der Waals surface area (Å²) in [6.07, 6.45) is 1.94. The summed E-state index contributed by atoms with van der Waals surface area (Å²) in [5.74, 6) is -2.89. The van der Waals surface area contributed by atoms with Crippen LogP contribution in [0, 0.1) is 25.7 Å². The molecule has 4 N–H and O–H groups in total. The number of carbonyl (C=O) groups is 4. The minimum Gasteiger partial charge on any atom is -0.370 e. The highest BCUT2D eigenvalue weighted by Crippen LogP contribution is 2.54. The van der Waals surface area contributed by atoms with E-state index in [0.29, 0.717) is 30.6 Å². The van der Waals surface area contributed by atoms with Crippen LogP contribution in [-0.4, -0.2) is 41.1 Å². The fraction of sp³-hybridized carbons (Fsp3) is 0.545. The Morgan fingerprint density at radius 1 is 1.20 bits per heavy atom. The Kier molecular flexibility index (Phi) is 4.92. The number of rotatable bonds is 6. The van der Waals surface area contributed by atoms with Crippen LogP contribution in [0.15, 0.2) is 12.1 Å². The van der Waals surface area contributed by atoms with Gasteiger partial charge in [-0.15, -0.1) is 0 Å². The molecule has 3 aliphatic heterocycles. The van der Waals surface area contributed by atoms with E-state index in [9.17, 15) is 19.2 Å². The fourth-order valence-electron chi connectivity index (χ4n) is 5.26. The number of primary amides is 1. The summed E-state index contributed by atoms with van der Waals surface area (Å²) in [5.41, 5.74) is 7.40. The Hall–Kier alpha value is -2.74. The molecule has 4 rings (SSSR count). The SMILES string of the molecule is CCCCN1C(=O)[C@@H]2C(CCC(N)=O)NC3(C(=O)Nc4c3ccc(C)c4C)[C@@H]2C1=O. The third kappa shape index (κ3) is 2.70. The van der Waals surface area contributed by atoms with Crippen molar-refractivity contribution in [2.75, 3.05) is 11.9 Å². The number of aryl methyl sites for hydroxylation is 1. The third-order valence-electron chi connectivity index (χ3n) is 6.95. The Balaban J connectivity index is 1.83.